The second-order valence-corrected chi connectivity index (χ2v) is 6.91. The highest BCUT2D eigenvalue weighted by atomic mass is 16.4. The third kappa shape index (κ3) is 2.79. The Balaban J connectivity index is 1.50. The highest BCUT2D eigenvalue weighted by molar-refractivity contribution is 5.95. The van der Waals surface area contributed by atoms with Gasteiger partial charge in [-0.2, -0.15) is 0 Å². The van der Waals surface area contributed by atoms with Gasteiger partial charge in [0.25, 0.3) is 5.91 Å². The maximum atomic E-state index is 12.5. The number of carbonyl (C=O) groups is 1. The van der Waals surface area contributed by atoms with Crippen LogP contribution in [-0.4, -0.2) is 55.6 Å². The van der Waals surface area contributed by atoms with Crippen molar-refractivity contribution >= 4 is 22.8 Å². The van der Waals surface area contributed by atoms with Crippen LogP contribution in [0.4, 0.5) is 5.88 Å². The Hall–Kier alpha value is -2.08. The Morgan fingerprint density at radius 1 is 1.39 bits per heavy atom. The minimum absolute atomic E-state index is 0.109. The van der Waals surface area contributed by atoms with Crippen molar-refractivity contribution in [2.45, 2.75) is 18.9 Å². The third-order valence-electron chi connectivity index (χ3n) is 4.86. The smallest absolute Gasteiger partial charge is 0.270 e. The van der Waals surface area contributed by atoms with Crippen molar-refractivity contribution in [1.82, 2.24) is 15.2 Å². The molecule has 6 nitrogen and oxygen atoms in total. The van der Waals surface area contributed by atoms with Crippen LogP contribution in [0.15, 0.2) is 22.7 Å². The lowest BCUT2D eigenvalue weighted by Gasteiger charge is -2.30. The van der Waals surface area contributed by atoms with Gasteiger partial charge in [0.2, 0.25) is 0 Å². The van der Waals surface area contributed by atoms with Crippen LogP contribution >= 0.6 is 0 Å². The van der Waals surface area contributed by atoms with Gasteiger partial charge in [-0.15, -0.1) is 0 Å². The maximum Gasteiger partial charge on any atom is 0.270 e. The first kappa shape index (κ1) is 14.5. The molecule has 1 N–H and O–H groups in total. The SMILES string of the molecule is CN(C)c1cc2cnc(C(=O)N[C@@H]3C[C@H]4CCN(C4)C3)cc2o1. The van der Waals surface area contributed by atoms with Gasteiger partial charge in [0.05, 0.1) is 0 Å². The minimum Gasteiger partial charge on any atom is -0.440 e. The van der Waals surface area contributed by atoms with Crippen LogP contribution in [0.5, 0.6) is 0 Å². The van der Waals surface area contributed by atoms with Gasteiger partial charge in [0.1, 0.15) is 11.3 Å². The molecule has 0 aliphatic carbocycles. The Morgan fingerprint density at radius 3 is 3.04 bits per heavy atom. The van der Waals surface area contributed by atoms with E-state index >= 15 is 0 Å². The summed E-state index contributed by atoms with van der Waals surface area (Å²) in [5.74, 6) is 1.38. The first-order valence-corrected chi connectivity index (χ1v) is 8.18. The average molecular weight is 314 g/mol. The van der Waals surface area contributed by atoms with Gasteiger partial charge < -0.3 is 19.5 Å². The van der Waals surface area contributed by atoms with E-state index in [0.717, 1.165) is 30.2 Å². The number of carbonyl (C=O) groups excluding carboxylic acids is 1. The largest absolute Gasteiger partial charge is 0.440 e. The van der Waals surface area contributed by atoms with Crippen molar-refractivity contribution in [1.29, 1.82) is 0 Å². The molecule has 122 valence electrons. The van der Waals surface area contributed by atoms with Crippen LogP contribution in [-0.2, 0) is 0 Å². The number of hydrogen-bond acceptors (Lipinski definition) is 5. The van der Waals surface area contributed by atoms with Gasteiger partial charge in [-0.25, -0.2) is 0 Å². The number of nitrogens with zero attached hydrogens (tertiary/aromatic N) is 3. The number of fused-ring (bicyclic) bond motifs is 3. The Labute approximate surface area is 135 Å². The molecule has 0 radical (unpaired) electrons. The molecule has 0 spiro atoms. The molecule has 1 amide bonds. The molecule has 0 saturated carbocycles. The number of furan rings is 1. The first-order valence-electron chi connectivity index (χ1n) is 8.18. The summed E-state index contributed by atoms with van der Waals surface area (Å²) in [6.45, 7) is 3.31. The van der Waals surface area contributed by atoms with E-state index in [1.54, 1.807) is 12.3 Å². The zero-order chi connectivity index (χ0) is 16.0. The molecule has 2 aliphatic heterocycles. The molecule has 0 aromatic carbocycles. The lowest BCUT2D eigenvalue weighted by atomic mass is 9.97. The third-order valence-corrected chi connectivity index (χ3v) is 4.86. The summed E-state index contributed by atoms with van der Waals surface area (Å²) in [6.07, 6.45) is 4.04. The average Bonchev–Trinajstić information content (AvgIpc) is 3.09. The molecule has 4 rings (SSSR count). The molecule has 2 aromatic rings. The quantitative estimate of drug-likeness (QED) is 0.934. The molecule has 2 fully saturated rings. The van der Waals surface area contributed by atoms with E-state index < -0.39 is 0 Å². The summed E-state index contributed by atoms with van der Waals surface area (Å²) in [5, 5.41) is 4.04. The number of aromatic nitrogens is 1. The van der Waals surface area contributed by atoms with E-state index in [1.165, 1.54) is 19.5 Å². The van der Waals surface area contributed by atoms with Gasteiger partial charge >= 0.3 is 0 Å². The molecule has 2 saturated heterocycles. The minimum atomic E-state index is -0.109. The Morgan fingerprint density at radius 2 is 2.26 bits per heavy atom. The van der Waals surface area contributed by atoms with Crippen molar-refractivity contribution in [3.63, 3.8) is 0 Å². The van der Waals surface area contributed by atoms with E-state index in [0.29, 0.717) is 11.3 Å². The zero-order valence-corrected chi connectivity index (χ0v) is 13.6. The van der Waals surface area contributed by atoms with Crippen LogP contribution in [0.2, 0.25) is 0 Å². The molecule has 23 heavy (non-hydrogen) atoms. The zero-order valence-electron chi connectivity index (χ0n) is 13.6. The number of rotatable bonds is 3. The van der Waals surface area contributed by atoms with Crippen molar-refractivity contribution in [2.75, 3.05) is 38.6 Å². The van der Waals surface area contributed by atoms with Crippen LogP contribution in [0, 0.1) is 5.92 Å². The Bertz CT molecular complexity index is 727. The molecule has 1 unspecified atom stereocenters. The normalized spacial score (nSPS) is 26.4. The lowest BCUT2D eigenvalue weighted by Crippen LogP contribution is -2.47. The number of nitrogens with one attached hydrogen (secondary N) is 1. The Kier molecular flexibility index (Phi) is 3.49. The summed E-state index contributed by atoms with van der Waals surface area (Å²) in [7, 11) is 3.84. The van der Waals surface area contributed by atoms with Gasteiger partial charge in [-0.1, -0.05) is 0 Å². The highest BCUT2D eigenvalue weighted by Gasteiger charge is 2.33. The molecule has 2 aromatic heterocycles. The number of anilines is 1. The highest BCUT2D eigenvalue weighted by Crippen LogP contribution is 2.27. The predicted molar refractivity (Wildman–Crippen MR) is 88.8 cm³/mol. The summed E-state index contributed by atoms with van der Waals surface area (Å²) >= 11 is 0. The maximum absolute atomic E-state index is 12.5. The summed E-state index contributed by atoms with van der Waals surface area (Å²) in [5.41, 5.74) is 1.12. The van der Waals surface area contributed by atoms with E-state index in [-0.39, 0.29) is 11.9 Å². The molecule has 2 bridgehead atoms. The fraction of sp³-hybridized carbons (Fsp3) is 0.529. The van der Waals surface area contributed by atoms with Crippen LogP contribution in [0.3, 0.4) is 0 Å². The van der Waals surface area contributed by atoms with E-state index in [2.05, 4.69) is 15.2 Å². The van der Waals surface area contributed by atoms with Crippen molar-refractivity contribution in [3.05, 3.63) is 24.0 Å². The second-order valence-electron chi connectivity index (χ2n) is 6.91. The molecule has 3 atom stereocenters. The van der Waals surface area contributed by atoms with Crippen molar-refractivity contribution in [3.8, 4) is 0 Å². The monoisotopic (exact) mass is 314 g/mol. The van der Waals surface area contributed by atoms with Crippen LogP contribution in [0.1, 0.15) is 23.3 Å². The van der Waals surface area contributed by atoms with E-state index in [9.17, 15) is 4.79 Å². The van der Waals surface area contributed by atoms with Crippen LogP contribution in [0.25, 0.3) is 11.0 Å². The molecule has 2 aliphatic rings. The molecular formula is C17H22N4O2. The molecule has 4 heterocycles. The number of amides is 1. The predicted octanol–water partition coefficient (Wildman–Crippen LogP) is 1.72. The van der Waals surface area contributed by atoms with Gasteiger partial charge in [-0.3, -0.25) is 9.78 Å². The van der Waals surface area contributed by atoms with Gasteiger partial charge in [-0.05, 0) is 25.3 Å². The lowest BCUT2D eigenvalue weighted by molar-refractivity contribution is 0.0904. The summed E-state index contributed by atoms with van der Waals surface area (Å²) in [4.78, 5) is 21.1. The molecular weight excluding hydrogens is 292 g/mol. The summed E-state index contributed by atoms with van der Waals surface area (Å²) in [6, 6.07) is 3.89. The number of pyridine rings is 1. The second kappa shape index (κ2) is 5.53. The van der Waals surface area contributed by atoms with Crippen LogP contribution < -0.4 is 10.2 Å². The number of piperidine rings is 1. The summed E-state index contributed by atoms with van der Waals surface area (Å²) < 4.78 is 5.75. The number of hydrogen-bond donors (Lipinski definition) is 1. The van der Waals surface area contributed by atoms with E-state index in [4.69, 9.17) is 4.42 Å². The standard InChI is InChI=1S/C17H22N4O2/c1-20(2)16-6-12-8-18-14(7-15(12)23-16)17(22)19-13-5-11-3-4-21(9-11)10-13/h6-8,11,13H,3-5,9-10H2,1-2H3,(H,19,22)/t11-,13-/m1/s1. The van der Waals surface area contributed by atoms with Gasteiger partial charge in [0, 0.05) is 56.9 Å². The van der Waals surface area contributed by atoms with Crippen molar-refractivity contribution in [2.24, 2.45) is 5.92 Å². The fourth-order valence-electron chi connectivity index (χ4n) is 3.69. The first-order chi connectivity index (χ1) is 11.1. The van der Waals surface area contributed by atoms with Gasteiger partial charge in [0.15, 0.2) is 5.88 Å². The molecule has 6 heteroatoms. The van der Waals surface area contributed by atoms with E-state index in [1.807, 2.05) is 25.1 Å². The topological polar surface area (TPSA) is 61.6 Å². The fourth-order valence-corrected chi connectivity index (χ4v) is 3.69. The van der Waals surface area contributed by atoms with Crippen molar-refractivity contribution < 1.29 is 9.21 Å².